The molecule has 74 heavy (non-hydrogen) atoms. The Morgan fingerprint density at radius 1 is 0.797 bits per heavy atom. The molecule has 6 rings (SSSR count). The number of phosphoric ester groups is 2. The third kappa shape index (κ3) is 16.8. The van der Waals surface area contributed by atoms with E-state index in [-0.39, 0.29) is 136 Å². The van der Waals surface area contributed by atoms with Crippen molar-refractivity contribution in [3.05, 3.63) is 98.2 Å². The summed E-state index contributed by atoms with van der Waals surface area (Å²) >= 11 is 0. The van der Waals surface area contributed by atoms with E-state index in [9.17, 15) is 58.2 Å². The van der Waals surface area contributed by atoms with Gasteiger partial charge in [0.15, 0.2) is 11.7 Å². The average Bonchev–Trinajstić information content (AvgIpc) is 3.62. The number of nitrogen functional groups attached to an aromatic ring is 1. The Bertz CT molecular complexity index is 2940. The summed E-state index contributed by atoms with van der Waals surface area (Å²) < 4.78 is 65.7. The van der Waals surface area contributed by atoms with E-state index < -0.39 is 58.5 Å². The standard InChI is InChI=1S/C45H55N5O22P2/c46-42-27(24-50(45(58)49-42)43-40(55)41(72-74(62,63)64)36(71-43)25-69-73(59,60)61)2-1-10-47-37(53)9-12-65-14-16-67-18-19-68-17-15-66-13-11-48-38(54)21-26-3-6-30(33(20-26)44(56)57)39-31-7-4-28(51)22-34(31)70-35-23-29(52)5-8-32(35)39/h3-8,20,22-24,36,40-41,43,51,55H,1-2,9-19,21,25H2,(H,47,53)(H,48,54)(H,56,57)(H2,46,49,58)(H2,59,60,61)(H2,62,63,64)/t36-,40?,41?,43-/m1/s1. The van der Waals surface area contributed by atoms with Gasteiger partial charge in [0.1, 0.15) is 41.2 Å². The Kier molecular flexibility index (Phi) is 20.5. The van der Waals surface area contributed by atoms with E-state index in [1.165, 1.54) is 36.5 Å². The van der Waals surface area contributed by atoms with Gasteiger partial charge in [-0.3, -0.25) is 28.0 Å². The minimum absolute atomic E-state index is 0.0499. The number of aliphatic hydroxyl groups excluding tert-OH is 1. The molecule has 2 unspecified atom stereocenters. The first-order chi connectivity index (χ1) is 35.2. The molecule has 0 bridgehead atoms. The molecule has 1 saturated heterocycles. The van der Waals surface area contributed by atoms with Gasteiger partial charge in [0.2, 0.25) is 11.8 Å². The number of nitrogens with two attached hydrogens (primary N) is 1. The zero-order chi connectivity index (χ0) is 53.6. The second-order valence-electron chi connectivity index (χ2n) is 16.4. The zero-order valence-electron chi connectivity index (χ0n) is 39.3. The minimum Gasteiger partial charge on any atom is -0.508 e. The number of phenolic OH excluding ortho intramolecular Hbond substituents is 1. The fraction of sp³-hybridized carbons (Fsp3) is 0.422. The predicted octanol–water partition coefficient (Wildman–Crippen LogP) is 0.817. The van der Waals surface area contributed by atoms with E-state index in [0.717, 1.165) is 4.57 Å². The number of aliphatic hydroxyl groups is 1. The number of benzene rings is 3. The number of hydrogen-bond donors (Lipinski definition) is 10. The molecule has 1 fully saturated rings. The summed E-state index contributed by atoms with van der Waals surface area (Å²) in [4.78, 5) is 103. The van der Waals surface area contributed by atoms with Crippen molar-refractivity contribution >= 4 is 50.2 Å². The smallest absolute Gasteiger partial charge is 0.470 e. The van der Waals surface area contributed by atoms with Crippen LogP contribution in [0.1, 0.15) is 40.6 Å². The molecule has 2 amide bonds. The van der Waals surface area contributed by atoms with Crippen LogP contribution in [0, 0.1) is 0 Å². The highest BCUT2D eigenvalue weighted by molar-refractivity contribution is 7.46. The van der Waals surface area contributed by atoms with Gasteiger partial charge < -0.3 is 79.4 Å². The van der Waals surface area contributed by atoms with Crippen molar-refractivity contribution in [3.63, 3.8) is 0 Å². The number of rotatable bonds is 29. The monoisotopic (exact) mass is 1080 g/mol. The number of phosphoric acid groups is 2. The second kappa shape index (κ2) is 26.5. The quantitative estimate of drug-likeness (QED) is 0.0180. The Hall–Kier alpha value is -6.00. The molecule has 29 heteroatoms. The van der Waals surface area contributed by atoms with Gasteiger partial charge in [0, 0.05) is 59.9 Å². The number of aromatic hydroxyl groups is 1. The van der Waals surface area contributed by atoms with Crippen molar-refractivity contribution in [2.45, 2.75) is 50.2 Å². The van der Waals surface area contributed by atoms with Crippen LogP contribution in [0.3, 0.4) is 0 Å². The van der Waals surface area contributed by atoms with Crippen LogP contribution >= 0.6 is 15.6 Å². The number of nitrogens with one attached hydrogen (secondary N) is 2. The number of hydrogen-bond acceptors (Lipinski definition) is 19. The van der Waals surface area contributed by atoms with Crippen LogP contribution < -0.4 is 27.5 Å². The van der Waals surface area contributed by atoms with Gasteiger partial charge in [-0.2, -0.15) is 4.98 Å². The minimum atomic E-state index is -5.26. The first-order valence-corrected chi connectivity index (χ1v) is 25.8. The van der Waals surface area contributed by atoms with Crippen LogP contribution in [0.2, 0.25) is 0 Å². The third-order valence-corrected chi connectivity index (χ3v) is 12.0. The van der Waals surface area contributed by atoms with Gasteiger partial charge in [-0.25, -0.2) is 18.7 Å². The SMILES string of the molecule is Nc1nc(=O)n([C@@H]2O[C@H](COP(=O)(O)O)C(OP(=O)(O)O)C2O)cc1CCCNC(=O)CCOCCOCCOCCOCCNC(=O)Cc1ccc(-c2c3ccc(=O)cc-3oc3cc(O)ccc23)c(C(=O)O)c1. The summed E-state index contributed by atoms with van der Waals surface area (Å²) in [5, 5.41) is 37.0. The maximum atomic E-state index is 12.7. The summed E-state index contributed by atoms with van der Waals surface area (Å²) in [5.41, 5.74) is 6.86. The first-order valence-electron chi connectivity index (χ1n) is 22.7. The lowest BCUT2D eigenvalue weighted by Gasteiger charge is -2.21. The number of anilines is 1. The van der Waals surface area contributed by atoms with Crippen LogP contribution in [0.5, 0.6) is 5.75 Å². The van der Waals surface area contributed by atoms with E-state index in [1.807, 2.05) is 0 Å². The van der Waals surface area contributed by atoms with E-state index in [1.54, 1.807) is 24.3 Å². The molecule has 0 radical (unpaired) electrons. The molecule has 3 aromatic rings. The molecular formula is C45H55N5O22P2. The molecule has 0 spiro atoms. The summed E-state index contributed by atoms with van der Waals surface area (Å²) in [5.74, 6) is -1.90. The number of carbonyl (C=O) groups is 3. The summed E-state index contributed by atoms with van der Waals surface area (Å²) in [6, 6.07) is 13.3. The molecular weight excluding hydrogens is 1020 g/mol. The Morgan fingerprint density at radius 2 is 1.46 bits per heavy atom. The number of aromatic carboxylic acids is 1. The number of ether oxygens (including phenoxy) is 5. The topological polar surface area (TPSA) is 407 Å². The van der Waals surface area contributed by atoms with E-state index >= 15 is 0 Å². The fourth-order valence-corrected chi connectivity index (χ4v) is 8.64. The van der Waals surface area contributed by atoms with Crippen LogP contribution in [-0.2, 0) is 64.3 Å². The molecule has 0 saturated carbocycles. The van der Waals surface area contributed by atoms with Crippen LogP contribution in [0.4, 0.5) is 5.82 Å². The fourth-order valence-electron chi connectivity index (χ4n) is 7.72. The molecule has 2 aromatic carbocycles. The number of carbonyl (C=O) groups excluding carboxylic acids is 2. The van der Waals surface area contributed by atoms with E-state index in [0.29, 0.717) is 34.1 Å². The molecule has 2 aliphatic heterocycles. The number of aromatic nitrogens is 2. The van der Waals surface area contributed by atoms with Crippen molar-refractivity contribution in [1.29, 1.82) is 0 Å². The van der Waals surface area contributed by atoms with Gasteiger partial charge in [-0.05, 0) is 54.3 Å². The Labute approximate surface area is 419 Å². The van der Waals surface area contributed by atoms with Gasteiger partial charge in [-0.1, -0.05) is 12.1 Å². The largest absolute Gasteiger partial charge is 0.508 e. The van der Waals surface area contributed by atoms with Crippen molar-refractivity contribution in [1.82, 2.24) is 20.2 Å². The van der Waals surface area contributed by atoms with E-state index in [4.69, 9.17) is 43.6 Å². The number of nitrogens with zero attached hydrogens (tertiary/aromatic N) is 2. The predicted molar refractivity (Wildman–Crippen MR) is 257 cm³/mol. The maximum Gasteiger partial charge on any atom is 0.470 e. The zero-order valence-corrected chi connectivity index (χ0v) is 41.1. The lowest BCUT2D eigenvalue weighted by Crippen LogP contribution is -2.38. The number of carboxylic acids is 1. The lowest BCUT2D eigenvalue weighted by molar-refractivity contribution is -0.122. The number of amides is 2. The highest BCUT2D eigenvalue weighted by atomic mass is 31.2. The van der Waals surface area contributed by atoms with E-state index in [2.05, 4.69) is 24.7 Å². The molecule has 1 aromatic heterocycles. The highest BCUT2D eigenvalue weighted by Crippen LogP contribution is 2.46. The number of phenols is 1. The summed E-state index contributed by atoms with van der Waals surface area (Å²) in [6.45, 7) is 1.28. The lowest BCUT2D eigenvalue weighted by atomic mass is 9.89. The van der Waals surface area contributed by atoms with Crippen molar-refractivity contribution in [3.8, 4) is 28.2 Å². The molecule has 27 nitrogen and oxygen atoms in total. The number of carboxylic acid groups (broad SMARTS) is 1. The molecule has 11 N–H and O–H groups in total. The van der Waals surface area contributed by atoms with Crippen LogP contribution in [0.25, 0.3) is 33.4 Å². The Morgan fingerprint density at radius 3 is 2.14 bits per heavy atom. The molecule has 402 valence electrons. The van der Waals surface area contributed by atoms with Gasteiger partial charge in [0.05, 0.1) is 71.4 Å². The summed E-state index contributed by atoms with van der Waals surface area (Å²) in [7, 11) is -10.3. The molecule has 3 aliphatic rings. The first kappa shape index (κ1) is 57.3. The third-order valence-electron chi connectivity index (χ3n) is 11.0. The highest BCUT2D eigenvalue weighted by Gasteiger charge is 2.49. The molecule has 4 atom stereocenters. The van der Waals surface area contributed by atoms with Crippen molar-refractivity contribution in [2.75, 3.05) is 78.3 Å². The van der Waals surface area contributed by atoms with Crippen molar-refractivity contribution in [2.24, 2.45) is 0 Å². The normalized spacial score (nSPS) is 17.0. The van der Waals surface area contributed by atoms with Crippen LogP contribution in [-0.4, -0.2) is 153 Å². The molecule has 3 heterocycles. The second-order valence-corrected chi connectivity index (χ2v) is 18.9. The van der Waals surface area contributed by atoms with Gasteiger partial charge in [-0.15, -0.1) is 0 Å². The average molecular weight is 1080 g/mol. The summed E-state index contributed by atoms with van der Waals surface area (Å²) in [6.07, 6.45) is -5.47. The maximum absolute atomic E-state index is 12.7. The molecule has 1 aliphatic carbocycles. The Balaban J connectivity index is 0.795. The van der Waals surface area contributed by atoms with Crippen LogP contribution in [0.15, 0.2) is 74.8 Å². The van der Waals surface area contributed by atoms with Gasteiger partial charge >= 0.3 is 27.3 Å². The number of fused-ring (bicyclic) bond motifs is 2. The number of aryl methyl sites for hydroxylation is 1. The van der Waals surface area contributed by atoms with Crippen molar-refractivity contribution < 1.29 is 95.6 Å². The van der Waals surface area contributed by atoms with Gasteiger partial charge in [0.25, 0.3) is 0 Å².